The summed E-state index contributed by atoms with van der Waals surface area (Å²) in [5.41, 5.74) is 5.95. The average molecular weight is 684 g/mol. The number of aromatic amines is 1. The highest BCUT2D eigenvalue weighted by Gasteiger charge is 2.53. The molecular formula is C40H33N3O8. The molecule has 2 aromatic heterocycles. The van der Waals surface area contributed by atoms with Crippen molar-refractivity contribution in [2.75, 3.05) is 34.7 Å². The van der Waals surface area contributed by atoms with Gasteiger partial charge >= 0.3 is 5.97 Å². The lowest BCUT2D eigenvalue weighted by Gasteiger charge is -2.39. The molecule has 4 heterocycles. The lowest BCUT2D eigenvalue weighted by atomic mass is 9.65. The fourth-order valence-electron chi connectivity index (χ4n) is 8.01. The SMILES string of the molecule is COc1cc([C@@H]2c3cc4c(cc3[C@@H](NC(=O)c3cc5c([nH]c6ccccc65)c(-c5ccccc5)n3)[C@H]3COC(=O)[C@H]23)OCO4)cc(OC)c1OC. The minimum Gasteiger partial charge on any atom is -0.493 e. The van der Waals surface area contributed by atoms with Crippen molar-refractivity contribution in [2.24, 2.45) is 11.8 Å². The lowest BCUT2D eigenvalue weighted by molar-refractivity contribution is -0.141. The molecule has 4 aromatic carbocycles. The van der Waals surface area contributed by atoms with Crippen LogP contribution in [-0.4, -0.2) is 56.6 Å². The third-order valence-electron chi connectivity index (χ3n) is 10.3. The van der Waals surface area contributed by atoms with Gasteiger partial charge in [-0.15, -0.1) is 0 Å². The van der Waals surface area contributed by atoms with E-state index in [1.54, 1.807) is 21.3 Å². The standard InChI is InChI=1S/C40H33N3O8/c1-46-31-13-21(14-32(47-2)38(31)48-3)33-23-16-29-30(51-19-50-29)17-25(23)36(26-18-49-40(45)34(26)33)43-39(44)28-15-24-22-11-7-8-12-27(22)41-37(24)35(42-28)20-9-5-4-6-10-20/h4-17,26,33-34,36,41H,18-19H2,1-3H3,(H,43,44)/t26-,33+,34-,36+/m0/s1. The smallest absolute Gasteiger partial charge is 0.310 e. The summed E-state index contributed by atoms with van der Waals surface area (Å²) in [6.45, 7) is 0.184. The van der Waals surface area contributed by atoms with Crippen LogP contribution in [0.2, 0.25) is 0 Å². The number of hydrogen-bond donors (Lipinski definition) is 2. The summed E-state index contributed by atoms with van der Waals surface area (Å²) < 4.78 is 34.4. The maximum Gasteiger partial charge on any atom is 0.310 e. The van der Waals surface area contributed by atoms with E-state index >= 15 is 0 Å². The highest BCUT2D eigenvalue weighted by atomic mass is 16.7. The Kier molecular flexibility index (Phi) is 7.23. The van der Waals surface area contributed by atoms with E-state index in [0.29, 0.717) is 34.4 Å². The number of cyclic esters (lactones) is 1. The van der Waals surface area contributed by atoms with Gasteiger partial charge in [0.15, 0.2) is 23.0 Å². The quantitative estimate of drug-likeness (QED) is 0.180. The van der Waals surface area contributed by atoms with E-state index in [0.717, 1.165) is 44.1 Å². The number of carbonyl (C=O) groups excluding carboxylic acids is 2. The first kappa shape index (κ1) is 30.8. The second-order valence-corrected chi connectivity index (χ2v) is 12.9. The molecule has 11 nitrogen and oxygen atoms in total. The molecule has 1 aliphatic carbocycles. The van der Waals surface area contributed by atoms with E-state index in [9.17, 15) is 9.59 Å². The zero-order chi connectivity index (χ0) is 34.8. The van der Waals surface area contributed by atoms with Crippen molar-refractivity contribution in [1.82, 2.24) is 15.3 Å². The van der Waals surface area contributed by atoms with Crippen LogP contribution in [0.25, 0.3) is 33.1 Å². The fraction of sp³-hybridized carbons (Fsp3) is 0.225. The summed E-state index contributed by atoms with van der Waals surface area (Å²) in [5.74, 6) is 0.200. The number of esters is 1. The van der Waals surface area contributed by atoms with Crippen LogP contribution < -0.4 is 29.0 Å². The number of amides is 1. The molecule has 4 atom stereocenters. The highest BCUT2D eigenvalue weighted by Crippen LogP contribution is 2.55. The second kappa shape index (κ2) is 12.0. The van der Waals surface area contributed by atoms with Crippen LogP contribution in [0.4, 0.5) is 0 Å². The summed E-state index contributed by atoms with van der Waals surface area (Å²) in [5, 5.41) is 5.16. The highest BCUT2D eigenvalue weighted by molar-refractivity contribution is 6.13. The van der Waals surface area contributed by atoms with E-state index in [4.69, 9.17) is 33.4 Å². The van der Waals surface area contributed by atoms with Crippen LogP contribution in [0.1, 0.15) is 39.1 Å². The van der Waals surface area contributed by atoms with Crippen LogP contribution >= 0.6 is 0 Å². The van der Waals surface area contributed by atoms with E-state index in [1.807, 2.05) is 84.9 Å². The van der Waals surface area contributed by atoms with Gasteiger partial charge in [0.1, 0.15) is 5.69 Å². The van der Waals surface area contributed by atoms with Crippen molar-refractivity contribution >= 4 is 33.7 Å². The molecule has 1 amide bonds. The number of nitrogens with one attached hydrogen (secondary N) is 2. The van der Waals surface area contributed by atoms with Crippen LogP contribution in [0.5, 0.6) is 28.7 Å². The molecule has 2 N–H and O–H groups in total. The first-order valence-corrected chi connectivity index (χ1v) is 16.6. The molecule has 0 spiro atoms. The summed E-state index contributed by atoms with van der Waals surface area (Å²) in [6.07, 6.45) is 0. The predicted octanol–water partition coefficient (Wildman–Crippen LogP) is 6.54. The molecule has 0 bridgehead atoms. The number of nitrogens with zero attached hydrogens (tertiary/aromatic N) is 1. The van der Waals surface area contributed by atoms with Gasteiger partial charge in [-0.25, -0.2) is 4.98 Å². The number of ether oxygens (including phenoxy) is 6. The van der Waals surface area contributed by atoms with Crippen molar-refractivity contribution in [3.05, 3.63) is 107 Å². The third-order valence-corrected chi connectivity index (χ3v) is 10.3. The number of aromatic nitrogens is 2. The molecule has 0 unspecified atom stereocenters. The largest absolute Gasteiger partial charge is 0.493 e. The molecule has 11 heteroatoms. The summed E-state index contributed by atoms with van der Waals surface area (Å²) in [6, 6.07) is 26.5. The average Bonchev–Trinajstić information content (AvgIpc) is 3.90. The van der Waals surface area contributed by atoms with Crippen LogP contribution in [-0.2, 0) is 9.53 Å². The van der Waals surface area contributed by atoms with Crippen LogP contribution in [0, 0.1) is 11.8 Å². The Morgan fingerprint density at radius 1 is 0.824 bits per heavy atom. The lowest BCUT2D eigenvalue weighted by Crippen LogP contribution is -2.43. The summed E-state index contributed by atoms with van der Waals surface area (Å²) in [4.78, 5) is 36.7. The van der Waals surface area contributed by atoms with Gasteiger partial charge in [0, 0.05) is 33.7 Å². The number of methoxy groups -OCH3 is 3. The zero-order valence-electron chi connectivity index (χ0n) is 28.0. The molecule has 3 aliphatic rings. The number of para-hydroxylation sites is 1. The molecule has 1 fully saturated rings. The minimum absolute atomic E-state index is 0.0653. The van der Waals surface area contributed by atoms with Crippen LogP contribution in [0.15, 0.2) is 84.9 Å². The number of fused-ring (bicyclic) bond motifs is 6. The monoisotopic (exact) mass is 683 g/mol. The molecule has 256 valence electrons. The predicted molar refractivity (Wildman–Crippen MR) is 188 cm³/mol. The van der Waals surface area contributed by atoms with E-state index in [1.165, 1.54) is 0 Å². The number of H-pyrrole nitrogens is 1. The number of pyridine rings is 1. The Labute approximate surface area is 292 Å². The molecule has 6 aromatic rings. The number of benzene rings is 4. The normalized spacial score (nSPS) is 20.1. The Morgan fingerprint density at radius 2 is 1.53 bits per heavy atom. The van der Waals surface area contributed by atoms with Gasteiger partial charge in [-0.2, -0.15) is 0 Å². The summed E-state index contributed by atoms with van der Waals surface area (Å²) >= 11 is 0. The van der Waals surface area contributed by atoms with Gasteiger partial charge in [-0.05, 0) is 53.1 Å². The van der Waals surface area contributed by atoms with Gasteiger partial charge in [0.25, 0.3) is 5.91 Å². The number of hydrogen-bond acceptors (Lipinski definition) is 9. The van der Waals surface area contributed by atoms with E-state index < -0.39 is 23.8 Å². The molecule has 9 rings (SSSR count). The van der Waals surface area contributed by atoms with Gasteiger partial charge in [0.2, 0.25) is 12.5 Å². The molecule has 0 radical (unpaired) electrons. The third kappa shape index (κ3) is 4.83. The maximum atomic E-state index is 14.5. The van der Waals surface area contributed by atoms with E-state index in [2.05, 4.69) is 10.3 Å². The zero-order valence-corrected chi connectivity index (χ0v) is 28.0. The van der Waals surface area contributed by atoms with Gasteiger partial charge < -0.3 is 38.7 Å². The van der Waals surface area contributed by atoms with Crippen molar-refractivity contribution in [3.63, 3.8) is 0 Å². The summed E-state index contributed by atoms with van der Waals surface area (Å²) in [7, 11) is 4.65. The fourth-order valence-corrected chi connectivity index (χ4v) is 8.01. The van der Waals surface area contributed by atoms with Crippen molar-refractivity contribution in [2.45, 2.75) is 12.0 Å². The Hall–Kier alpha value is -6.23. The Balaban J connectivity index is 1.19. The van der Waals surface area contributed by atoms with E-state index in [-0.39, 0.29) is 31.0 Å². The number of carbonyl (C=O) groups is 2. The van der Waals surface area contributed by atoms with Gasteiger partial charge in [0.05, 0.1) is 51.1 Å². The van der Waals surface area contributed by atoms with Crippen molar-refractivity contribution in [3.8, 4) is 40.0 Å². The number of rotatable bonds is 7. The Morgan fingerprint density at radius 3 is 2.25 bits per heavy atom. The van der Waals surface area contributed by atoms with Gasteiger partial charge in [-0.3, -0.25) is 9.59 Å². The molecule has 0 saturated carbocycles. The molecular weight excluding hydrogens is 650 g/mol. The van der Waals surface area contributed by atoms with Crippen molar-refractivity contribution in [1.29, 1.82) is 0 Å². The molecule has 51 heavy (non-hydrogen) atoms. The van der Waals surface area contributed by atoms with Crippen molar-refractivity contribution < 1.29 is 38.0 Å². The molecule has 2 aliphatic heterocycles. The first-order chi connectivity index (χ1) is 25.0. The maximum absolute atomic E-state index is 14.5. The first-order valence-electron chi connectivity index (χ1n) is 16.6. The molecule has 1 saturated heterocycles. The second-order valence-electron chi connectivity index (χ2n) is 12.9. The van der Waals surface area contributed by atoms with Crippen LogP contribution in [0.3, 0.4) is 0 Å². The minimum atomic E-state index is -0.644. The topological polar surface area (TPSA) is 130 Å². The Bertz CT molecular complexity index is 2350. The van der Waals surface area contributed by atoms with Gasteiger partial charge in [-0.1, -0.05) is 48.5 Å².